The van der Waals surface area contributed by atoms with Crippen LogP contribution in [0.1, 0.15) is 64.0 Å². The summed E-state index contributed by atoms with van der Waals surface area (Å²) in [6, 6.07) is 17.5. The van der Waals surface area contributed by atoms with E-state index in [4.69, 9.17) is 0 Å². The van der Waals surface area contributed by atoms with Crippen LogP contribution in [0.5, 0.6) is 0 Å². The lowest BCUT2D eigenvalue weighted by Gasteiger charge is -2.29. The largest absolute Gasteiger partial charge is 0.351 e. The van der Waals surface area contributed by atoms with Crippen LogP contribution in [0.25, 0.3) is 0 Å². The highest BCUT2D eigenvalue weighted by Gasteiger charge is 2.23. The molecule has 0 fully saturated rings. The van der Waals surface area contributed by atoms with E-state index in [0.717, 1.165) is 17.0 Å². The summed E-state index contributed by atoms with van der Waals surface area (Å²) in [4.78, 5) is 32.3. The average Bonchev–Trinajstić information content (AvgIpc) is 3.23. The third kappa shape index (κ3) is 6.31. The topological polar surface area (TPSA) is 67.2 Å². The highest BCUT2D eigenvalue weighted by molar-refractivity contribution is 5.94. The van der Waals surface area contributed by atoms with Crippen molar-refractivity contribution in [3.63, 3.8) is 0 Å². The minimum atomic E-state index is -0.110. The minimum Gasteiger partial charge on any atom is -0.351 e. The molecule has 6 heteroatoms. The first-order chi connectivity index (χ1) is 15.8. The number of aromatic nitrogens is 2. The molecule has 0 radical (unpaired) electrons. The second-order valence-electron chi connectivity index (χ2n) is 8.89. The van der Waals surface area contributed by atoms with Gasteiger partial charge in [0.15, 0.2) is 0 Å². The maximum atomic E-state index is 13.4. The van der Waals surface area contributed by atoms with Gasteiger partial charge in [0.05, 0.1) is 0 Å². The van der Waals surface area contributed by atoms with E-state index in [1.165, 1.54) is 0 Å². The fourth-order valence-electron chi connectivity index (χ4n) is 3.94. The van der Waals surface area contributed by atoms with Crippen molar-refractivity contribution in [2.45, 2.75) is 45.6 Å². The van der Waals surface area contributed by atoms with E-state index in [2.05, 4.69) is 36.3 Å². The summed E-state index contributed by atoms with van der Waals surface area (Å²) in [7, 11) is 3.70. The minimum absolute atomic E-state index is 0.0305. The zero-order chi connectivity index (χ0) is 24.0. The molecule has 2 heterocycles. The molecule has 0 bridgehead atoms. The highest BCUT2D eigenvalue weighted by atomic mass is 16.2. The number of hydrogen-bond donors (Lipinski definition) is 1. The molecule has 2 aromatic heterocycles. The number of nitrogens with zero attached hydrogens (tertiary/aromatic N) is 3. The van der Waals surface area contributed by atoms with Crippen LogP contribution in [0, 0.1) is 6.92 Å². The van der Waals surface area contributed by atoms with Gasteiger partial charge in [0.2, 0.25) is 0 Å². The van der Waals surface area contributed by atoms with Crippen LogP contribution in [-0.2, 0) is 13.5 Å². The van der Waals surface area contributed by atoms with Crippen molar-refractivity contribution < 1.29 is 9.59 Å². The molecular formula is C27H34N4O2. The number of carbonyl (C=O) groups excluding carboxylic acids is 2. The van der Waals surface area contributed by atoms with Crippen molar-refractivity contribution in [2.75, 3.05) is 13.6 Å². The predicted molar refractivity (Wildman–Crippen MR) is 131 cm³/mol. The molecule has 1 aromatic carbocycles. The summed E-state index contributed by atoms with van der Waals surface area (Å²) in [6.45, 7) is 6.55. The first-order valence-corrected chi connectivity index (χ1v) is 11.5. The van der Waals surface area contributed by atoms with Crippen LogP contribution < -0.4 is 5.32 Å². The first-order valence-electron chi connectivity index (χ1n) is 11.5. The predicted octanol–water partition coefficient (Wildman–Crippen LogP) is 4.36. The molecule has 6 nitrogen and oxygen atoms in total. The molecule has 33 heavy (non-hydrogen) atoms. The maximum Gasteiger partial charge on any atom is 0.267 e. The zero-order valence-electron chi connectivity index (χ0n) is 20.2. The summed E-state index contributed by atoms with van der Waals surface area (Å²) in [5, 5.41) is 3.00. The van der Waals surface area contributed by atoms with Crippen LogP contribution in [0.3, 0.4) is 0 Å². The fraction of sp³-hybridized carbons (Fsp3) is 0.370. The van der Waals surface area contributed by atoms with Gasteiger partial charge < -0.3 is 14.8 Å². The van der Waals surface area contributed by atoms with Crippen LogP contribution in [0.15, 0.2) is 60.8 Å². The van der Waals surface area contributed by atoms with E-state index in [9.17, 15) is 9.59 Å². The standard InChI is InChI=1S/C27H34N4O2/c1-19(2)24-18-22(16-20(3)29-24)27(33)31(5)23(17-21-10-7-6-8-11-21)13-14-28-26(32)25-12-9-15-30(25)4/h6-12,15-16,18-19,23H,13-14,17H2,1-5H3,(H,28,32). The van der Waals surface area contributed by atoms with Gasteiger partial charge in [-0.1, -0.05) is 44.2 Å². The van der Waals surface area contributed by atoms with Gasteiger partial charge in [0, 0.05) is 49.8 Å². The highest BCUT2D eigenvalue weighted by Crippen LogP contribution is 2.19. The third-order valence-corrected chi connectivity index (χ3v) is 5.93. The molecule has 0 saturated carbocycles. The molecule has 0 aliphatic heterocycles. The Morgan fingerprint density at radius 1 is 1.09 bits per heavy atom. The first kappa shape index (κ1) is 24.2. The molecule has 1 atom stereocenters. The number of pyridine rings is 1. The third-order valence-electron chi connectivity index (χ3n) is 5.93. The smallest absolute Gasteiger partial charge is 0.267 e. The molecule has 1 N–H and O–H groups in total. The lowest BCUT2D eigenvalue weighted by Crippen LogP contribution is -2.41. The normalized spacial score (nSPS) is 11.9. The quantitative estimate of drug-likeness (QED) is 0.531. The Kier molecular flexibility index (Phi) is 8.04. The molecule has 0 spiro atoms. The molecule has 0 aliphatic carbocycles. The molecule has 0 saturated heterocycles. The van der Waals surface area contributed by atoms with Gasteiger partial charge in [-0.25, -0.2) is 0 Å². The van der Waals surface area contributed by atoms with Crippen LogP contribution in [0.2, 0.25) is 0 Å². The molecular weight excluding hydrogens is 412 g/mol. The van der Waals surface area contributed by atoms with Gasteiger partial charge in [0.1, 0.15) is 5.69 Å². The fourth-order valence-corrected chi connectivity index (χ4v) is 3.94. The Morgan fingerprint density at radius 3 is 2.45 bits per heavy atom. The van der Waals surface area contributed by atoms with Crippen molar-refractivity contribution in [3.8, 4) is 0 Å². The van der Waals surface area contributed by atoms with Gasteiger partial charge in [-0.05, 0) is 55.5 Å². The maximum absolute atomic E-state index is 13.4. The van der Waals surface area contributed by atoms with Gasteiger partial charge >= 0.3 is 0 Å². The van der Waals surface area contributed by atoms with Gasteiger partial charge in [0.25, 0.3) is 11.8 Å². The Balaban J connectivity index is 1.76. The van der Waals surface area contributed by atoms with Crippen LogP contribution in [-0.4, -0.2) is 45.9 Å². The van der Waals surface area contributed by atoms with E-state index in [1.54, 1.807) is 15.5 Å². The van der Waals surface area contributed by atoms with Crippen molar-refractivity contribution in [1.29, 1.82) is 0 Å². The number of aryl methyl sites for hydroxylation is 2. The van der Waals surface area contributed by atoms with E-state index >= 15 is 0 Å². The summed E-state index contributed by atoms with van der Waals surface area (Å²) in [5.41, 5.74) is 4.19. The van der Waals surface area contributed by atoms with Crippen molar-refractivity contribution in [3.05, 3.63) is 89.0 Å². The number of hydrogen-bond acceptors (Lipinski definition) is 3. The molecule has 2 amide bonds. The molecule has 174 valence electrons. The number of carbonyl (C=O) groups is 2. The summed E-state index contributed by atoms with van der Waals surface area (Å²) >= 11 is 0. The van der Waals surface area contributed by atoms with Crippen LogP contribution >= 0.6 is 0 Å². The summed E-state index contributed by atoms with van der Waals surface area (Å²) in [5.74, 6) is 0.105. The molecule has 0 aliphatic rings. The second-order valence-corrected chi connectivity index (χ2v) is 8.89. The Morgan fingerprint density at radius 2 is 1.82 bits per heavy atom. The SMILES string of the molecule is Cc1cc(C(=O)N(C)C(CCNC(=O)c2cccn2C)Cc2ccccc2)cc(C(C)C)n1. The Labute approximate surface area is 196 Å². The summed E-state index contributed by atoms with van der Waals surface area (Å²) in [6.07, 6.45) is 3.21. The number of amides is 2. The number of nitrogens with one attached hydrogen (secondary N) is 1. The Hall–Kier alpha value is -3.41. The van der Waals surface area contributed by atoms with E-state index in [0.29, 0.717) is 30.6 Å². The molecule has 1 unspecified atom stereocenters. The van der Waals surface area contributed by atoms with E-state index in [-0.39, 0.29) is 23.8 Å². The second kappa shape index (κ2) is 10.9. The van der Waals surface area contributed by atoms with Crippen molar-refractivity contribution >= 4 is 11.8 Å². The van der Waals surface area contributed by atoms with Crippen LogP contribution in [0.4, 0.5) is 0 Å². The van der Waals surface area contributed by atoms with E-state index in [1.807, 2.05) is 63.6 Å². The van der Waals surface area contributed by atoms with Crippen molar-refractivity contribution in [1.82, 2.24) is 19.8 Å². The number of benzene rings is 1. The lowest BCUT2D eigenvalue weighted by atomic mass is 10.0. The lowest BCUT2D eigenvalue weighted by molar-refractivity contribution is 0.0722. The van der Waals surface area contributed by atoms with Gasteiger partial charge in [-0.15, -0.1) is 0 Å². The Bertz CT molecular complexity index is 1090. The molecule has 3 aromatic rings. The number of likely N-dealkylation sites (N-methyl/N-ethyl adjacent to an activating group) is 1. The van der Waals surface area contributed by atoms with Crippen molar-refractivity contribution in [2.24, 2.45) is 7.05 Å². The molecule has 3 rings (SSSR count). The monoisotopic (exact) mass is 446 g/mol. The van der Waals surface area contributed by atoms with E-state index < -0.39 is 0 Å². The van der Waals surface area contributed by atoms with Gasteiger partial charge in [-0.3, -0.25) is 14.6 Å². The summed E-state index contributed by atoms with van der Waals surface area (Å²) < 4.78 is 1.80. The average molecular weight is 447 g/mol. The zero-order valence-corrected chi connectivity index (χ0v) is 20.2. The van der Waals surface area contributed by atoms with Gasteiger partial charge in [-0.2, -0.15) is 0 Å². The number of rotatable bonds is 9.